The van der Waals surface area contributed by atoms with Crippen molar-refractivity contribution in [2.75, 3.05) is 13.7 Å². The van der Waals surface area contributed by atoms with Crippen LogP contribution in [0.5, 0.6) is 0 Å². The van der Waals surface area contributed by atoms with E-state index in [0.29, 0.717) is 13.0 Å². The molecule has 0 radical (unpaired) electrons. The van der Waals surface area contributed by atoms with Crippen molar-refractivity contribution in [2.45, 2.75) is 25.6 Å². The first-order valence-electron chi connectivity index (χ1n) is 4.01. The lowest BCUT2D eigenvalue weighted by Gasteiger charge is -2.41. The second-order valence-electron chi connectivity index (χ2n) is 3.16. The van der Waals surface area contributed by atoms with Gasteiger partial charge in [0.05, 0.1) is 12.5 Å². The number of carbonyl (C=O) groups is 1. The second kappa shape index (κ2) is 3.41. The predicted octanol–water partition coefficient (Wildman–Crippen LogP) is 0.860. The third kappa shape index (κ3) is 1.76. The molecule has 0 bridgehead atoms. The molecular weight excluding hydrogens is 160 g/mol. The van der Waals surface area contributed by atoms with Crippen LogP contribution in [0.15, 0.2) is 0 Å². The maximum Gasteiger partial charge on any atom is 0.306 e. The van der Waals surface area contributed by atoms with E-state index < -0.39 is 17.7 Å². The van der Waals surface area contributed by atoms with Crippen LogP contribution in [0.2, 0.25) is 0 Å². The van der Waals surface area contributed by atoms with Gasteiger partial charge < -0.3 is 14.6 Å². The molecule has 12 heavy (non-hydrogen) atoms. The summed E-state index contributed by atoms with van der Waals surface area (Å²) >= 11 is 0. The minimum Gasteiger partial charge on any atom is -0.481 e. The number of aliphatic carboxylic acids is 1. The molecule has 1 heterocycles. The second-order valence-corrected chi connectivity index (χ2v) is 3.16. The van der Waals surface area contributed by atoms with E-state index >= 15 is 0 Å². The van der Waals surface area contributed by atoms with E-state index in [1.807, 2.05) is 0 Å². The lowest BCUT2D eigenvalue weighted by Crippen LogP contribution is -2.47. The number of hydrogen-bond acceptors (Lipinski definition) is 3. The average molecular weight is 174 g/mol. The Bertz CT molecular complexity index is 168. The molecule has 4 nitrogen and oxygen atoms in total. The molecule has 0 amide bonds. The van der Waals surface area contributed by atoms with E-state index in [0.717, 1.165) is 6.42 Å². The first-order chi connectivity index (χ1) is 5.59. The lowest BCUT2D eigenvalue weighted by atomic mass is 9.95. The summed E-state index contributed by atoms with van der Waals surface area (Å²) in [5, 5.41) is 8.65. The van der Waals surface area contributed by atoms with E-state index in [4.69, 9.17) is 14.6 Å². The fourth-order valence-corrected chi connectivity index (χ4v) is 1.29. The van der Waals surface area contributed by atoms with Crippen molar-refractivity contribution in [1.82, 2.24) is 0 Å². The maximum atomic E-state index is 10.5. The van der Waals surface area contributed by atoms with Crippen LogP contribution in [0.1, 0.15) is 19.8 Å². The summed E-state index contributed by atoms with van der Waals surface area (Å²) in [7, 11) is 1.55. The molecule has 1 aliphatic heterocycles. The van der Waals surface area contributed by atoms with Crippen molar-refractivity contribution in [1.29, 1.82) is 0 Å². The first-order valence-corrected chi connectivity index (χ1v) is 4.01. The third-order valence-electron chi connectivity index (χ3n) is 2.26. The highest BCUT2D eigenvalue weighted by molar-refractivity contribution is 5.69. The Kier molecular flexibility index (Phi) is 2.69. The van der Waals surface area contributed by atoms with Crippen molar-refractivity contribution < 1.29 is 19.4 Å². The molecule has 1 saturated heterocycles. The van der Waals surface area contributed by atoms with Gasteiger partial charge in [-0.1, -0.05) is 6.92 Å². The number of rotatable bonds is 4. The Balaban J connectivity index is 2.42. The average Bonchev–Trinajstić information content (AvgIpc) is 1.96. The molecule has 2 unspecified atom stereocenters. The molecule has 1 N–H and O–H groups in total. The highest BCUT2D eigenvalue weighted by Gasteiger charge is 2.41. The van der Waals surface area contributed by atoms with Crippen LogP contribution in [0.25, 0.3) is 0 Å². The van der Waals surface area contributed by atoms with Gasteiger partial charge in [0.25, 0.3) is 0 Å². The highest BCUT2D eigenvalue weighted by atomic mass is 16.7. The van der Waals surface area contributed by atoms with Crippen LogP contribution in [0.3, 0.4) is 0 Å². The van der Waals surface area contributed by atoms with Crippen LogP contribution in [-0.4, -0.2) is 30.6 Å². The Morgan fingerprint density at radius 1 is 1.83 bits per heavy atom. The molecule has 1 fully saturated rings. The molecule has 0 aromatic carbocycles. The summed E-state index contributed by atoms with van der Waals surface area (Å²) in [6, 6.07) is 0. The molecule has 1 rings (SSSR count). The van der Waals surface area contributed by atoms with Crippen molar-refractivity contribution in [3.8, 4) is 0 Å². The van der Waals surface area contributed by atoms with Crippen molar-refractivity contribution in [3.63, 3.8) is 0 Å². The Labute approximate surface area is 71.5 Å². The zero-order valence-electron chi connectivity index (χ0n) is 7.37. The van der Waals surface area contributed by atoms with Gasteiger partial charge in [0.15, 0.2) is 5.79 Å². The SMILES string of the molecule is COC1(CC(C)C(=O)O)CCO1. The summed E-state index contributed by atoms with van der Waals surface area (Å²) < 4.78 is 10.3. The van der Waals surface area contributed by atoms with Crippen molar-refractivity contribution >= 4 is 5.97 Å². The van der Waals surface area contributed by atoms with Gasteiger partial charge in [-0.15, -0.1) is 0 Å². The van der Waals surface area contributed by atoms with E-state index in [2.05, 4.69) is 0 Å². The molecule has 1 aliphatic rings. The minimum atomic E-state index is -0.804. The van der Waals surface area contributed by atoms with Gasteiger partial charge >= 0.3 is 5.97 Å². The van der Waals surface area contributed by atoms with Gasteiger partial charge in [0.2, 0.25) is 0 Å². The van der Waals surface area contributed by atoms with E-state index in [1.165, 1.54) is 0 Å². The van der Waals surface area contributed by atoms with Crippen LogP contribution >= 0.6 is 0 Å². The fourth-order valence-electron chi connectivity index (χ4n) is 1.29. The molecule has 4 heteroatoms. The number of ether oxygens (including phenoxy) is 2. The van der Waals surface area contributed by atoms with Crippen LogP contribution in [-0.2, 0) is 14.3 Å². The molecule has 70 valence electrons. The Hall–Kier alpha value is -0.610. The molecule has 0 saturated carbocycles. The zero-order chi connectivity index (χ0) is 9.19. The van der Waals surface area contributed by atoms with Gasteiger partial charge in [-0.25, -0.2) is 0 Å². The first kappa shape index (κ1) is 9.48. The summed E-state index contributed by atoms with van der Waals surface area (Å²) in [6.45, 7) is 2.32. The van der Waals surface area contributed by atoms with Crippen LogP contribution in [0.4, 0.5) is 0 Å². The van der Waals surface area contributed by atoms with Crippen molar-refractivity contribution in [2.24, 2.45) is 5.92 Å². The van der Waals surface area contributed by atoms with Gasteiger partial charge in [0.1, 0.15) is 0 Å². The lowest BCUT2D eigenvalue weighted by molar-refractivity contribution is -0.303. The summed E-state index contributed by atoms with van der Waals surface area (Å²) in [5.74, 6) is -1.83. The molecular formula is C8H14O4. The molecule has 0 aromatic rings. The smallest absolute Gasteiger partial charge is 0.306 e. The van der Waals surface area contributed by atoms with Crippen molar-refractivity contribution in [3.05, 3.63) is 0 Å². The molecule has 0 aromatic heterocycles. The monoisotopic (exact) mass is 174 g/mol. The Morgan fingerprint density at radius 3 is 2.67 bits per heavy atom. The highest BCUT2D eigenvalue weighted by Crippen LogP contribution is 2.33. The van der Waals surface area contributed by atoms with E-state index in [1.54, 1.807) is 14.0 Å². The number of carboxylic acids is 1. The van der Waals surface area contributed by atoms with Gasteiger partial charge in [-0.05, 0) is 0 Å². The van der Waals surface area contributed by atoms with Crippen LogP contribution < -0.4 is 0 Å². The largest absolute Gasteiger partial charge is 0.481 e. The maximum absolute atomic E-state index is 10.5. The minimum absolute atomic E-state index is 0.412. The number of methoxy groups -OCH3 is 1. The normalized spacial score (nSPS) is 30.8. The standard InChI is InChI=1S/C8H14O4/c1-6(7(9)10)5-8(11-2)3-4-12-8/h6H,3-5H2,1-2H3,(H,9,10). The third-order valence-corrected chi connectivity index (χ3v) is 2.26. The zero-order valence-corrected chi connectivity index (χ0v) is 7.37. The predicted molar refractivity (Wildman–Crippen MR) is 41.7 cm³/mol. The van der Waals surface area contributed by atoms with Gasteiger partial charge in [-0.2, -0.15) is 0 Å². The number of carboxylic acid groups (broad SMARTS) is 1. The van der Waals surface area contributed by atoms with Crippen LogP contribution in [0, 0.1) is 5.92 Å². The molecule has 0 spiro atoms. The van der Waals surface area contributed by atoms with E-state index in [9.17, 15) is 4.79 Å². The van der Waals surface area contributed by atoms with Gasteiger partial charge in [-0.3, -0.25) is 4.79 Å². The Morgan fingerprint density at radius 2 is 2.42 bits per heavy atom. The molecule has 2 atom stereocenters. The summed E-state index contributed by atoms with van der Waals surface area (Å²) in [6.07, 6.45) is 1.22. The summed E-state index contributed by atoms with van der Waals surface area (Å²) in [4.78, 5) is 10.5. The topological polar surface area (TPSA) is 55.8 Å². The van der Waals surface area contributed by atoms with Gasteiger partial charge in [0, 0.05) is 20.0 Å². The quantitative estimate of drug-likeness (QED) is 0.686. The number of hydrogen-bond donors (Lipinski definition) is 1. The fraction of sp³-hybridized carbons (Fsp3) is 0.875. The van der Waals surface area contributed by atoms with E-state index in [-0.39, 0.29) is 0 Å². The molecule has 0 aliphatic carbocycles. The summed E-state index contributed by atoms with van der Waals surface area (Å²) in [5.41, 5.74) is 0.